The first-order chi connectivity index (χ1) is 18.9. The Kier molecular flexibility index (Phi) is 10.5. The molecule has 0 saturated carbocycles. The van der Waals surface area contributed by atoms with Crippen molar-refractivity contribution < 1.29 is 23.5 Å². The van der Waals surface area contributed by atoms with Crippen molar-refractivity contribution in [2.45, 2.75) is 65.3 Å². The number of carbonyl (C=O) groups is 2. The average molecular weight is 552 g/mol. The predicted molar refractivity (Wildman–Crippen MR) is 153 cm³/mol. The van der Waals surface area contributed by atoms with E-state index in [-0.39, 0.29) is 37.4 Å². The Hall–Kier alpha value is -3.62. The summed E-state index contributed by atoms with van der Waals surface area (Å²) < 4.78 is 27.4. The Morgan fingerprint density at radius 3 is 2.10 bits per heavy atom. The number of aliphatic hydroxyl groups is 1. The summed E-state index contributed by atoms with van der Waals surface area (Å²) in [6.45, 7) is 7.77. The summed E-state index contributed by atoms with van der Waals surface area (Å²) in [6.07, 6.45) is -0.331. The summed E-state index contributed by atoms with van der Waals surface area (Å²) >= 11 is 0. The molecule has 3 aromatic carbocycles. The Bertz CT molecular complexity index is 1320. The van der Waals surface area contributed by atoms with Crippen LogP contribution in [0.4, 0.5) is 8.78 Å². The van der Waals surface area contributed by atoms with Crippen LogP contribution in [0.2, 0.25) is 0 Å². The van der Waals surface area contributed by atoms with Crippen LogP contribution < -0.4 is 5.73 Å². The van der Waals surface area contributed by atoms with Crippen molar-refractivity contribution >= 4 is 11.8 Å². The Morgan fingerprint density at radius 2 is 1.50 bits per heavy atom. The Morgan fingerprint density at radius 1 is 0.900 bits per heavy atom. The van der Waals surface area contributed by atoms with Crippen molar-refractivity contribution in [3.8, 4) is 0 Å². The summed E-state index contributed by atoms with van der Waals surface area (Å²) in [6, 6.07) is 15.1. The predicted octanol–water partition coefficient (Wildman–Crippen LogP) is 4.89. The zero-order valence-corrected chi connectivity index (χ0v) is 23.8. The lowest BCUT2D eigenvalue weighted by atomic mass is 10.00. The van der Waals surface area contributed by atoms with Gasteiger partial charge in [-0.1, -0.05) is 31.2 Å². The number of nitrogens with two attached hydrogens (primary N) is 1. The average Bonchev–Trinajstić information content (AvgIpc) is 2.90. The fourth-order valence-corrected chi connectivity index (χ4v) is 4.54. The van der Waals surface area contributed by atoms with Gasteiger partial charge in [0.25, 0.3) is 11.8 Å². The molecule has 0 saturated heterocycles. The molecular weight excluding hydrogens is 512 g/mol. The largest absolute Gasteiger partial charge is 0.390 e. The van der Waals surface area contributed by atoms with Gasteiger partial charge in [-0.05, 0) is 86.2 Å². The van der Waals surface area contributed by atoms with E-state index in [1.54, 1.807) is 30.1 Å². The fourth-order valence-electron chi connectivity index (χ4n) is 4.54. The second-order valence-electron chi connectivity index (χ2n) is 10.7. The molecule has 214 valence electrons. The van der Waals surface area contributed by atoms with Crippen LogP contribution in [0.5, 0.6) is 0 Å². The minimum absolute atomic E-state index is 0.0160. The highest BCUT2D eigenvalue weighted by Crippen LogP contribution is 2.19. The summed E-state index contributed by atoms with van der Waals surface area (Å²) in [5.41, 5.74) is 10.0. The van der Waals surface area contributed by atoms with Crippen LogP contribution >= 0.6 is 0 Å². The van der Waals surface area contributed by atoms with Gasteiger partial charge in [0.2, 0.25) is 0 Å². The van der Waals surface area contributed by atoms with E-state index in [2.05, 4.69) is 0 Å². The van der Waals surface area contributed by atoms with Crippen LogP contribution in [0, 0.1) is 18.6 Å². The molecule has 0 aliphatic heterocycles. The van der Waals surface area contributed by atoms with Crippen molar-refractivity contribution in [2.75, 3.05) is 13.6 Å². The van der Waals surface area contributed by atoms with Gasteiger partial charge in [0, 0.05) is 49.4 Å². The van der Waals surface area contributed by atoms with Crippen LogP contribution in [0.3, 0.4) is 0 Å². The molecule has 8 heteroatoms. The number of aryl methyl sites for hydroxylation is 2. The lowest BCUT2D eigenvalue weighted by Gasteiger charge is -2.29. The van der Waals surface area contributed by atoms with E-state index in [1.807, 2.05) is 52.0 Å². The lowest BCUT2D eigenvalue weighted by Crippen LogP contribution is -2.46. The molecule has 0 radical (unpaired) electrons. The van der Waals surface area contributed by atoms with Crippen molar-refractivity contribution in [3.05, 3.63) is 106 Å². The molecule has 0 unspecified atom stereocenters. The third-order valence-corrected chi connectivity index (χ3v) is 7.02. The van der Waals surface area contributed by atoms with Crippen LogP contribution in [0.25, 0.3) is 0 Å². The number of halogens is 2. The maximum Gasteiger partial charge on any atom is 0.254 e. The van der Waals surface area contributed by atoms with E-state index >= 15 is 0 Å². The molecule has 3 rings (SSSR count). The topological polar surface area (TPSA) is 86.9 Å². The van der Waals surface area contributed by atoms with E-state index in [4.69, 9.17) is 5.73 Å². The first kappa shape index (κ1) is 30.9. The smallest absolute Gasteiger partial charge is 0.254 e. The van der Waals surface area contributed by atoms with Crippen molar-refractivity contribution in [1.82, 2.24) is 9.80 Å². The molecule has 6 nitrogen and oxygen atoms in total. The number of hydrogen-bond donors (Lipinski definition) is 2. The quantitative estimate of drug-likeness (QED) is 0.355. The van der Waals surface area contributed by atoms with Crippen molar-refractivity contribution in [1.29, 1.82) is 0 Å². The SMILES string of the molecule is CCc1cccc(CN(C[C@@H](O)[C@@H](N)Cc2cc(F)cc(F)c2)C(=O)c2cc(C)cc(C(=O)N(C)C(C)C)c2)c1. The van der Waals surface area contributed by atoms with Crippen LogP contribution in [-0.4, -0.2) is 58.5 Å². The summed E-state index contributed by atoms with van der Waals surface area (Å²) in [4.78, 5) is 30.0. The number of hydrogen-bond acceptors (Lipinski definition) is 4. The van der Waals surface area contributed by atoms with Gasteiger partial charge in [-0.25, -0.2) is 8.78 Å². The van der Waals surface area contributed by atoms with Crippen LogP contribution in [-0.2, 0) is 19.4 Å². The van der Waals surface area contributed by atoms with Gasteiger partial charge < -0.3 is 20.6 Å². The minimum Gasteiger partial charge on any atom is -0.390 e. The lowest BCUT2D eigenvalue weighted by molar-refractivity contribution is 0.0554. The number of rotatable bonds is 11. The van der Waals surface area contributed by atoms with Crippen LogP contribution in [0.1, 0.15) is 63.7 Å². The van der Waals surface area contributed by atoms with Gasteiger partial charge in [0.05, 0.1) is 6.10 Å². The molecular formula is C32H39F2N3O3. The number of amides is 2. The molecule has 3 N–H and O–H groups in total. The van der Waals surface area contributed by atoms with E-state index in [0.29, 0.717) is 16.7 Å². The normalized spacial score (nSPS) is 12.8. The maximum absolute atomic E-state index is 13.9. The Labute approximate surface area is 235 Å². The molecule has 0 aromatic heterocycles. The summed E-state index contributed by atoms with van der Waals surface area (Å²) in [5.74, 6) is -2.01. The van der Waals surface area contributed by atoms with Crippen molar-refractivity contribution in [3.63, 3.8) is 0 Å². The third kappa shape index (κ3) is 8.19. The molecule has 0 spiro atoms. The standard InChI is InChI=1S/C32H39F2N3O3/c1-6-22-8-7-9-23(12-22)18-37(19-30(38)29(35)15-24-13-27(33)17-28(34)14-24)32(40)26-11-21(4)10-25(16-26)31(39)36(5)20(2)3/h7-14,16-17,20,29-30,38H,6,15,18-19,35H2,1-5H3/t29-,30+/m0/s1. The molecule has 40 heavy (non-hydrogen) atoms. The maximum atomic E-state index is 13.9. The minimum atomic E-state index is -1.18. The first-order valence-corrected chi connectivity index (χ1v) is 13.5. The highest BCUT2D eigenvalue weighted by atomic mass is 19.1. The van der Waals surface area contributed by atoms with Gasteiger partial charge in [0.15, 0.2) is 0 Å². The monoisotopic (exact) mass is 551 g/mol. The molecule has 0 aliphatic rings. The van der Waals surface area contributed by atoms with Crippen molar-refractivity contribution in [2.24, 2.45) is 5.73 Å². The first-order valence-electron chi connectivity index (χ1n) is 13.5. The molecule has 0 aliphatic carbocycles. The summed E-state index contributed by atoms with van der Waals surface area (Å²) in [5, 5.41) is 11.0. The van der Waals surface area contributed by atoms with Gasteiger partial charge in [-0.3, -0.25) is 9.59 Å². The number of nitrogens with zero attached hydrogens (tertiary/aromatic N) is 2. The highest BCUT2D eigenvalue weighted by molar-refractivity contribution is 6.00. The van der Waals surface area contributed by atoms with E-state index in [0.717, 1.165) is 29.2 Å². The second-order valence-corrected chi connectivity index (χ2v) is 10.7. The van der Waals surface area contributed by atoms with Gasteiger partial charge in [-0.15, -0.1) is 0 Å². The zero-order chi connectivity index (χ0) is 29.6. The molecule has 3 aromatic rings. The molecule has 0 fully saturated rings. The molecule has 2 atom stereocenters. The number of aliphatic hydroxyl groups excluding tert-OH is 1. The zero-order valence-electron chi connectivity index (χ0n) is 23.8. The van der Waals surface area contributed by atoms with Gasteiger partial charge >= 0.3 is 0 Å². The van der Waals surface area contributed by atoms with E-state index in [1.165, 1.54) is 17.0 Å². The van der Waals surface area contributed by atoms with Gasteiger partial charge in [0.1, 0.15) is 11.6 Å². The van der Waals surface area contributed by atoms with E-state index in [9.17, 15) is 23.5 Å². The highest BCUT2D eigenvalue weighted by Gasteiger charge is 2.25. The number of benzene rings is 3. The summed E-state index contributed by atoms with van der Waals surface area (Å²) in [7, 11) is 1.71. The second kappa shape index (κ2) is 13.6. The fraction of sp³-hybridized carbons (Fsp3) is 0.375. The third-order valence-electron chi connectivity index (χ3n) is 7.02. The number of carbonyl (C=O) groups excluding carboxylic acids is 2. The molecule has 0 heterocycles. The molecule has 0 bridgehead atoms. The van der Waals surface area contributed by atoms with E-state index < -0.39 is 23.8 Å². The molecule has 2 amide bonds. The van der Waals surface area contributed by atoms with Crippen LogP contribution in [0.15, 0.2) is 60.7 Å². The Balaban J connectivity index is 1.91. The van der Waals surface area contributed by atoms with Gasteiger partial charge in [-0.2, -0.15) is 0 Å².